The summed E-state index contributed by atoms with van der Waals surface area (Å²) >= 11 is 1.13. The Labute approximate surface area is 176 Å². The molecule has 0 spiro atoms. The molecule has 0 unspecified atom stereocenters. The third kappa shape index (κ3) is 5.13. The van der Waals surface area contributed by atoms with Gasteiger partial charge in [0.2, 0.25) is 5.91 Å². The van der Waals surface area contributed by atoms with Crippen LogP contribution in [0.2, 0.25) is 0 Å². The highest BCUT2D eigenvalue weighted by molar-refractivity contribution is 7.10. The minimum atomic E-state index is -5.15. The summed E-state index contributed by atoms with van der Waals surface area (Å²) in [6, 6.07) is 7.47. The molecule has 1 heterocycles. The lowest BCUT2D eigenvalue weighted by Gasteiger charge is -2.32. The molecule has 1 atom stereocenters. The van der Waals surface area contributed by atoms with E-state index < -0.39 is 24.0 Å². The van der Waals surface area contributed by atoms with Gasteiger partial charge in [-0.05, 0) is 43.3 Å². The smallest absolute Gasteiger partial charge is 0.471 e. The van der Waals surface area contributed by atoms with Crippen LogP contribution in [0.15, 0.2) is 41.8 Å². The quantitative estimate of drug-likeness (QED) is 0.670. The Kier molecular flexibility index (Phi) is 7.02. The number of ether oxygens (including phenoxy) is 1. The van der Waals surface area contributed by atoms with Gasteiger partial charge in [0, 0.05) is 22.7 Å². The van der Waals surface area contributed by atoms with Crippen molar-refractivity contribution in [3.8, 4) is 5.75 Å². The van der Waals surface area contributed by atoms with Gasteiger partial charge in [-0.1, -0.05) is 25.0 Å². The van der Waals surface area contributed by atoms with Crippen molar-refractivity contribution in [2.45, 2.75) is 50.9 Å². The zero-order valence-electron chi connectivity index (χ0n) is 16.4. The average Bonchev–Trinajstić information content (AvgIpc) is 3.39. The van der Waals surface area contributed by atoms with Crippen molar-refractivity contribution in [2.24, 2.45) is 0 Å². The fourth-order valence-electron chi connectivity index (χ4n) is 3.58. The van der Waals surface area contributed by atoms with Crippen LogP contribution in [-0.2, 0) is 9.59 Å². The van der Waals surface area contributed by atoms with Gasteiger partial charge in [-0.15, -0.1) is 11.3 Å². The number of hydrogen-bond acceptors (Lipinski definition) is 4. The van der Waals surface area contributed by atoms with Gasteiger partial charge in [0.05, 0.1) is 6.61 Å². The standard InChI is InChI=1S/C21H23F3N2O3S/c1-2-29-16-10-5-9-15(13-16)26(20(28)21(22,23)24)18(17-11-6-12-30-17)19(27)25-14-7-3-4-8-14/h5-6,9-14,18H,2-4,7-8H2,1H3,(H,25,27)/t18-/m0/s1. The molecular weight excluding hydrogens is 417 g/mol. The van der Waals surface area contributed by atoms with Crippen molar-refractivity contribution >= 4 is 28.8 Å². The monoisotopic (exact) mass is 440 g/mol. The van der Waals surface area contributed by atoms with Gasteiger partial charge in [0.1, 0.15) is 5.75 Å². The van der Waals surface area contributed by atoms with E-state index >= 15 is 0 Å². The molecule has 162 valence electrons. The number of thiophene rings is 1. The molecule has 2 aromatic rings. The van der Waals surface area contributed by atoms with Crippen LogP contribution in [0.4, 0.5) is 18.9 Å². The predicted octanol–water partition coefficient (Wildman–Crippen LogP) is 4.84. The van der Waals surface area contributed by atoms with Crippen LogP contribution < -0.4 is 15.0 Å². The number of rotatable bonds is 7. The van der Waals surface area contributed by atoms with Crippen LogP contribution in [0, 0.1) is 0 Å². The van der Waals surface area contributed by atoms with E-state index in [0.29, 0.717) is 22.1 Å². The molecule has 1 aromatic carbocycles. The van der Waals surface area contributed by atoms with Gasteiger partial charge in [-0.3, -0.25) is 14.5 Å². The second kappa shape index (κ2) is 9.51. The molecule has 3 rings (SSSR count). The van der Waals surface area contributed by atoms with Gasteiger partial charge < -0.3 is 10.1 Å². The number of anilines is 1. The number of nitrogens with zero attached hydrogens (tertiary/aromatic N) is 1. The molecule has 0 bridgehead atoms. The van der Waals surface area contributed by atoms with Crippen molar-refractivity contribution in [2.75, 3.05) is 11.5 Å². The summed E-state index contributed by atoms with van der Waals surface area (Å²) in [5.74, 6) is -2.41. The Balaban J connectivity index is 2.05. The molecule has 1 N–H and O–H groups in total. The van der Waals surface area contributed by atoms with Gasteiger partial charge in [0.25, 0.3) is 0 Å². The van der Waals surface area contributed by atoms with Gasteiger partial charge in [-0.2, -0.15) is 13.2 Å². The molecule has 9 heteroatoms. The largest absolute Gasteiger partial charge is 0.494 e. The van der Waals surface area contributed by atoms with E-state index in [1.165, 1.54) is 18.2 Å². The van der Waals surface area contributed by atoms with Crippen molar-refractivity contribution in [3.05, 3.63) is 46.7 Å². The number of benzene rings is 1. The van der Waals surface area contributed by atoms with E-state index in [1.807, 2.05) is 0 Å². The molecular formula is C21H23F3N2O3S. The zero-order chi connectivity index (χ0) is 21.7. The highest BCUT2D eigenvalue weighted by Crippen LogP contribution is 2.36. The van der Waals surface area contributed by atoms with Gasteiger partial charge in [0.15, 0.2) is 6.04 Å². The first-order valence-corrected chi connectivity index (χ1v) is 10.7. The van der Waals surface area contributed by atoms with Crippen molar-refractivity contribution in [3.63, 3.8) is 0 Å². The first-order chi connectivity index (χ1) is 14.3. The summed E-state index contributed by atoms with van der Waals surface area (Å²) in [7, 11) is 0. The number of carbonyl (C=O) groups is 2. The van der Waals surface area contributed by atoms with Crippen LogP contribution in [0.1, 0.15) is 43.5 Å². The maximum atomic E-state index is 13.6. The fraction of sp³-hybridized carbons (Fsp3) is 0.429. The summed E-state index contributed by atoms with van der Waals surface area (Å²) in [5, 5.41) is 4.50. The molecule has 1 aromatic heterocycles. The minimum absolute atomic E-state index is 0.0525. The maximum Gasteiger partial charge on any atom is 0.471 e. The number of nitrogens with one attached hydrogen (secondary N) is 1. The first kappa shape index (κ1) is 22.1. The van der Waals surface area contributed by atoms with E-state index in [2.05, 4.69) is 5.32 Å². The number of alkyl halides is 3. The van der Waals surface area contributed by atoms with E-state index in [9.17, 15) is 22.8 Å². The van der Waals surface area contributed by atoms with E-state index in [1.54, 1.807) is 30.5 Å². The van der Waals surface area contributed by atoms with E-state index in [-0.39, 0.29) is 11.7 Å². The summed E-state index contributed by atoms with van der Waals surface area (Å²) in [6.07, 6.45) is -1.69. The lowest BCUT2D eigenvalue weighted by atomic mass is 10.1. The number of halogens is 3. The first-order valence-electron chi connectivity index (χ1n) is 9.78. The Morgan fingerprint density at radius 2 is 1.97 bits per heavy atom. The molecule has 1 saturated carbocycles. The van der Waals surface area contributed by atoms with Crippen molar-refractivity contribution in [1.29, 1.82) is 0 Å². The number of amides is 2. The molecule has 2 amide bonds. The lowest BCUT2D eigenvalue weighted by Crippen LogP contribution is -2.50. The van der Waals surface area contributed by atoms with Crippen molar-refractivity contribution in [1.82, 2.24) is 5.32 Å². The average molecular weight is 440 g/mol. The Hall–Kier alpha value is -2.55. The Morgan fingerprint density at radius 3 is 2.57 bits per heavy atom. The Bertz CT molecular complexity index is 865. The molecule has 0 radical (unpaired) electrons. The summed E-state index contributed by atoms with van der Waals surface area (Å²) < 4.78 is 46.0. The highest BCUT2D eigenvalue weighted by Gasteiger charge is 2.48. The molecule has 1 aliphatic rings. The van der Waals surface area contributed by atoms with Crippen molar-refractivity contribution < 1.29 is 27.5 Å². The molecule has 1 aliphatic carbocycles. The third-order valence-corrected chi connectivity index (χ3v) is 5.81. The van der Waals surface area contributed by atoms with Crippen LogP contribution in [0.5, 0.6) is 5.75 Å². The molecule has 0 saturated heterocycles. The second-order valence-electron chi connectivity index (χ2n) is 7.01. The van der Waals surface area contributed by atoms with E-state index in [0.717, 1.165) is 37.0 Å². The second-order valence-corrected chi connectivity index (χ2v) is 7.99. The fourth-order valence-corrected chi connectivity index (χ4v) is 4.39. The molecule has 0 aliphatic heterocycles. The normalized spacial score (nSPS) is 15.6. The highest BCUT2D eigenvalue weighted by atomic mass is 32.1. The minimum Gasteiger partial charge on any atom is -0.494 e. The van der Waals surface area contributed by atoms with Gasteiger partial charge in [-0.25, -0.2) is 0 Å². The lowest BCUT2D eigenvalue weighted by molar-refractivity contribution is -0.171. The number of hydrogen-bond donors (Lipinski definition) is 1. The van der Waals surface area contributed by atoms with Crippen LogP contribution in [0.25, 0.3) is 0 Å². The van der Waals surface area contributed by atoms with Gasteiger partial charge >= 0.3 is 12.1 Å². The molecule has 30 heavy (non-hydrogen) atoms. The SMILES string of the molecule is CCOc1cccc(N(C(=O)C(F)(F)F)[C@H](C(=O)NC2CCCC2)c2cccs2)c1. The van der Waals surface area contributed by atoms with Crippen LogP contribution in [0.3, 0.4) is 0 Å². The van der Waals surface area contributed by atoms with E-state index in [4.69, 9.17) is 4.74 Å². The third-order valence-electron chi connectivity index (χ3n) is 4.89. The summed E-state index contributed by atoms with van der Waals surface area (Å²) in [4.78, 5) is 26.5. The predicted molar refractivity (Wildman–Crippen MR) is 109 cm³/mol. The van der Waals surface area contributed by atoms with Crippen LogP contribution in [-0.4, -0.2) is 30.6 Å². The van der Waals surface area contributed by atoms with Crippen LogP contribution >= 0.6 is 11.3 Å². The maximum absolute atomic E-state index is 13.6. The summed E-state index contributed by atoms with van der Waals surface area (Å²) in [5.41, 5.74) is -0.0525. The Morgan fingerprint density at radius 1 is 1.23 bits per heavy atom. The molecule has 5 nitrogen and oxygen atoms in total. The molecule has 1 fully saturated rings. The summed E-state index contributed by atoms with van der Waals surface area (Å²) in [6.45, 7) is 2.06. The number of carbonyl (C=O) groups excluding carboxylic acids is 2. The zero-order valence-corrected chi connectivity index (χ0v) is 17.3. The topological polar surface area (TPSA) is 58.6 Å².